The highest BCUT2D eigenvalue weighted by Gasteiger charge is 2.36. The second-order valence-electron chi connectivity index (χ2n) is 15.2. The van der Waals surface area contributed by atoms with E-state index in [2.05, 4.69) is 43.6 Å². The molecular weight excluding hydrogens is 709 g/mol. The molecular formula is C39H44N8O6S. The standard InChI is InChI=1S/C39H44N8O6S/c48-35-12-11-34(38(50)42-35)45-21-26-8-10-30(18-27(26)22-45)44-23-32(24-44)53-31-6-3-7-33(19-31)54(51,52)46-16-14-28(15-17-46)41-39-40-20-25-9-13-36(49)47(37(25)43-39)29-4-1-2-5-29/h3,6-10,13,18-20,28-29,32,34H,1-2,4-5,11-12,14-17,21-24H2,(H,40,41,43)(H,42,48,50). The van der Waals surface area contributed by atoms with Gasteiger partial charge in [0, 0.05) is 74.1 Å². The highest BCUT2D eigenvalue weighted by atomic mass is 32.2. The molecule has 3 saturated heterocycles. The van der Waals surface area contributed by atoms with Crippen LogP contribution in [0.2, 0.25) is 0 Å². The van der Waals surface area contributed by atoms with Crippen LogP contribution in [-0.4, -0.2) is 88.3 Å². The van der Waals surface area contributed by atoms with Crippen LogP contribution in [0.4, 0.5) is 11.6 Å². The zero-order valence-electron chi connectivity index (χ0n) is 30.0. The minimum Gasteiger partial charge on any atom is -0.487 e. The van der Waals surface area contributed by atoms with Crippen molar-refractivity contribution in [2.24, 2.45) is 0 Å². The molecule has 6 heterocycles. The number of imide groups is 1. The minimum absolute atomic E-state index is 0.00422. The van der Waals surface area contributed by atoms with Crippen molar-refractivity contribution in [2.75, 3.05) is 36.4 Å². The fraction of sp³-hybridized carbons (Fsp3) is 0.462. The number of aromatic nitrogens is 3. The molecule has 4 fully saturated rings. The molecule has 4 aliphatic heterocycles. The molecule has 5 aliphatic rings. The number of sulfonamides is 1. The van der Waals surface area contributed by atoms with Crippen LogP contribution in [0.15, 0.2) is 70.5 Å². The number of piperidine rings is 2. The Morgan fingerprint density at radius 2 is 1.67 bits per heavy atom. The smallest absolute Gasteiger partial charge is 0.252 e. The van der Waals surface area contributed by atoms with Gasteiger partial charge in [0.05, 0.1) is 24.0 Å². The third-order valence-electron chi connectivity index (χ3n) is 11.7. The Morgan fingerprint density at radius 1 is 0.870 bits per heavy atom. The monoisotopic (exact) mass is 752 g/mol. The van der Waals surface area contributed by atoms with Crippen LogP contribution in [0, 0.1) is 0 Å². The van der Waals surface area contributed by atoms with Gasteiger partial charge in [-0.15, -0.1) is 0 Å². The summed E-state index contributed by atoms with van der Waals surface area (Å²) in [5.74, 6) is 0.562. The van der Waals surface area contributed by atoms with E-state index in [4.69, 9.17) is 9.72 Å². The molecule has 2 N–H and O–H groups in total. The number of amides is 2. The quantitative estimate of drug-likeness (QED) is 0.241. The van der Waals surface area contributed by atoms with Gasteiger partial charge in [-0.2, -0.15) is 9.29 Å². The lowest BCUT2D eigenvalue weighted by molar-refractivity contribution is -0.137. The molecule has 2 aromatic carbocycles. The van der Waals surface area contributed by atoms with E-state index in [0.29, 0.717) is 82.3 Å². The van der Waals surface area contributed by atoms with Crippen molar-refractivity contribution >= 4 is 44.5 Å². The fourth-order valence-corrected chi connectivity index (χ4v) is 10.2. The fourth-order valence-electron chi connectivity index (χ4n) is 8.67. The number of rotatable bonds is 9. The largest absolute Gasteiger partial charge is 0.487 e. The van der Waals surface area contributed by atoms with Gasteiger partial charge < -0.3 is 15.0 Å². The average Bonchev–Trinajstić information content (AvgIpc) is 3.84. The first kappa shape index (κ1) is 34.9. The summed E-state index contributed by atoms with van der Waals surface area (Å²) in [5, 5.41) is 6.69. The van der Waals surface area contributed by atoms with E-state index in [1.807, 2.05) is 4.57 Å². The van der Waals surface area contributed by atoms with Gasteiger partial charge in [-0.3, -0.25) is 29.2 Å². The Balaban J connectivity index is 0.785. The van der Waals surface area contributed by atoms with Crippen molar-refractivity contribution < 1.29 is 22.7 Å². The Kier molecular flexibility index (Phi) is 9.10. The number of carbonyl (C=O) groups excluding carboxylic acids is 2. The number of ether oxygens (including phenoxy) is 1. The first-order valence-electron chi connectivity index (χ1n) is 19.0. The Hall–Kier alpha value is -4.86. The zero-order valence-corrected chi connectivity index (χ0v) is 30.8. The van der Waals surface area contributed by atoms with Crippen LogP contribution in [0.25, 0.3) is 11.0 Å². The van der Waals surface area contributed by atoms with Crippen LogP contribution in [0.1, 0.15) is 68.5 Å². The molecule has 282 valence electrons. The molecule has 1 unspecified atom stereocenters. The molecule has 0 radical (unpaired) electrons. The maximum atomic E-state index is 13.7. The second-order valence-corrected chi connectivity index (χ2v) is 17.2. The maximum absolute atomic E-state index is 13.7. The summed E-state index contributed by atoms with van der Waals surface area (Å²) >= 11 is 0. The van der Waals surface area contributed by atoms with Gasteiger partial charge in [0.25, 0.3) is 5.56 Å². The normalized spacial score (nSPS) is 22.0. The van der Waals surface area contributed by atoms with Gasteiger partial charge in [0.15, 0.2) is 0 Å². The summed E-state index contributed by atoms with van der Waals surface area (Å²) in [5.41, 5.74) is 4.07. The van der Waals surface area contributed by atoms with Crippen molar-refractivity contribution in [3.8, 4) is 5.75 Å². The van der Waals surface area contributed by atoms with Gasteiger partial charge in [-0.1, -0.05) is 25.0 Å². The zero-order chi connectivity index (χ0) is 37.0. The highest BCUT2D eigenvalue weighted by Crippen LogP contribution is 2.34. The summed E-state index contributed by atoms with van der Waals surface area (Å²) in [7, 11) is -3.73. The van der Waals surface area contributed by atoms with E-state index >= 15 is 0 Å². The molecule has 9 rings (SSSR count). The Bertz CT molecular complexity index is 2280. The molecule has 0 spiro atoms. The lowest BCUT2D eigenvalue weighted by atomic mass is 10.0. The summed E-state index contributed by atoms with van der Waals surface area (Å²) in [6, 6.07) is 16.4. The van der Waals surface area contributed by atoms with Gasteiger partial charge in [0.1, 0.15) is 17.5 Å². The van der Waals surface area contributed by atoms with Crippen LogP contribution >= 0.6 is 0 Å². The predicted molar refractivity (Wildman–Crippen MR) is 202 cm³/mol. The predicted octanol–water partition coefficient (Wildman–Crippen LogP) is 3.56. The van der Waals surface area contributed by atoms with Gasteiger partial charge in [-0.05, 0) is 73.6 Å². The first-order chi connectivity index (χ1) is 26.2. The molecule has 1 aliphatic carbocycles. The summed E-state index contributed by atoms with van der Waals surface area (Å²) in [4.78, 5) is 50.7. The third-order valence-corrected chi connectivity index (χ3v) is 13.6. The number of hydrogen-bond donors (Lipinski definition) is 2. The molecule has 54 heavy (non-hydrogen) atoms. The van der Waals surface area contributed by atoms with Crippen LogP contribution < -0.4 is 25.8 Å². The number of carbonyl (C=O) groups is 2. The lowest BCUT2D eigenvalue weighted by Crippen LogP contribution is -2.54. The average molecular weight is 753 g/mol. The van der Waals surface area contributed by atoms with E-state index in [9.17, 15) is 22.8 Å². The van der Waals surface area contributed by atoms with E-state index < -0.39 is 10.0 Å². The highest BCUT2D eigenvalue weighted by molar-refractivity contribution is 7.89. The maximum Gasteiger partial charge on any atom is 0.252 e. The summed E-state index contributed by atoms with van der Waals surface area (Å²) in [6.07, 6.45) is 7.93. The van der Waals surface area contributed by atoms with Crippen molar-refractivity contribution in [2.45, 2.75) is 93.6 Å². The third kappa shape index (κ3) is 6.73. The van der Waals surface area contributed by atoms with E-state index in [-0.39, 0.29) is 46.5 Å². The lowest BCUT2D eigenvalue weighted by Gasteiger charge is -2.41. The van der Waals surface area contributed by atoms with Crippen LogP contribution in [0.3, 0.4) is 0 Å². The SMILES string of the molecule is O=C1CCC(N2Cc3ccc(N4CC(Oc5cccc(S(=O)(=O)N6CCC(Nc7ncc8ccc(=O)n(C9CCCC9)c8n7)CC6)c5)C4)cc3C2)C(=O)N1. The number of pyridine rings is 1. The van der Waals surface area contributed by atoms with Gasteiger partial charge >= 0.3 is 0 Å². The second kappa shape index (κ2) is 14.1. The van der Waals surface area contributed by atoms with Gasteiger partial charge in [0.2, 0.25) is 27.8 Å². The summed E-state index contributed by atoms with van der Waals surface area (Å²) < 4.78 is 37.1. The molecule has 1 atom stereocenters. The molecule has 14 nitrogen and oxygen atoms in total. The molecule has 15 heteroatoms. The number of nitrogens with zero attached hydrogens (tertiary/aromatic N) is 6. The number of benzene rings is 2. The topological polar surface area (TPSA) is 159 Å². The van der Waals surface area contributed by atoms with Crippen molar-refractivity contribution in [1.29, 1.82) is 0 Å². The molecule has 2 aromatic heterocycles. The molecule has 4 aromatic rings. The Labute approximate surface area is 313 Å². The molecule has 1 saturated carbocycles. The van der Waals surface area contributed by atoms with Gasteiger partial charge in [-0.25, -0.2) is 13.4 Å². The summed E-state index contributed by atoms with van der Waals surface area (Å²) in [6.45, 7) is 3.42. The van der Waals surface area contributed by atoms with E-state index in [1.54, 1.807) is 42.6 Å². The van der Waals surface area contributed by atoms with E-state index in [1.165, 1.54) is 15.4 Å². The van der Waals surface area contributed by atoms with Crippen molar-refractivity contribution in [3.05, 3.63) is 82.3 Å². The van der Waals surface area contributed by atoms with Crippen LogP contribution in [0.5, 0.6) is 5.75 Å². The number of anilines is 2. The molecule has 0 bridgehead atoms. The van der Waals surface area contributed by atoms with E-state index in [0.717, 1.165) is 36.8 Å². The van der Waals surface area contributed by atoms with Crippen molar-refractivity contribution in [1.82, 2.24) is 29.1 Å². The first-order valence-corrected chi connectivity index (χ1v) is 20.5. The van der Waals surface area contributed by atoms with Crippen molar-refractivity contribution in [3.63, 3.8) is 0 Å². The molecule has 2 amide bonds. The number of hydrogen-bond acceptors (Lipinski definition) is 11. The Morgan fingerprint density at radius 3 is 2.46 bits per heavy atom. The number of nitrogens with one attached hydrogen (secondary N) is 2. The number of fused-ring (bicyclic) bond motifs is 2. The van der Waals surface area contributed by atoms with Crippen LogP contribution in [-0.2, 0) is 32.7 Å². The minimum atomic E-state index is -3.73.